The molecule has 184 valence electrons. The number of hydrogen-bond acceptors (Lipinski definition) is 4. The Morgan fingerprint density at radius 2 is 1.77 bits per heavy atom. The topological polar surface area (TPSA) is 67.2 Å². The molecule has 0 atom stereocenters. The normalized spacial score (nSPS) is 14.1. The molecule has 1 amide bonds. The summed E-state index contributed by atoms with van der Waals surface area (Å²) in [7, 11) is 0. The number of carbonyl (C=O) groups is 1. The van der Waals surface area contributed by atoms with E-state index in [1.54, 1.807) is 0 Å². The second-order valence-electron chi connectivity index (χ2n) is 9.01. The van der Waals surface area contributed by atoms with Gasteiger partial charge in [-0.2, -0.15) is 13.2 Å². The molecule has 2 aromatic carbocycles. The Labute approximate surface area is 201 Å². The molecule has 0 radical (unpaired) electrons. The van der Waals surface area contributed by atoms with Gasteiger partial charge in [0.15, 0.2) is 0 Å². The van der Waals surface area contributed by atoms with Gasteiger partial charge in [-0.15, -0.1) is 0 Å². The molecule has 1 aromatic heterocycles. The number of nitrogens with one attached hydrogen (secondary N) is 1. The maximum Gasteiger partial charge on any atom is 0.416 e. The molecule has 0 saturated heterocycles. The van der Waals surface area contributed by atoms with E-state index in [0.29, 0.717) is 30.9 Å². The number of amides is 1. The van der Waals surface area contributed by atoms with E-state index in [9.17, 15) is 22.8 Å². The summed E-state index contributed by atoms with van der Waals surface area (Å²) < 4.78 is 39.7. The minimum atomic E-state index is -4.45. The Bertz CT molecular complexity index is 1250. The standard InChI is InChI=1S/C26H27F3N4O2/c1-17(2)24-31-22-15-32(14-18-6-4-3-5-7-18)13-12-21(22)25(35)33(24)16-23(34)30-20-10-8-19(9-11-20)26(27,28)29/h3-11,17H,12-16H2,1-2H3,(H,30,34). The molecule has 0 fully saturated rings. The lowest BCUT2D eigenvalue weighted by atomic mass is 10.0. The lowest BCUT2D eigenvalue weighted by Crippen LogP contribution is -2.40. The molecule has 9 heteroatoms. The first-order valence-electron chi connectivity index (χ1n) is 11.5. The molecule has 1 N–H and O–H groups in total. The van der Waals surface area contributed by atoms with Crippen LogP contribution in [0.15, 0.2) is 59.4 Å². The molecule has 0 saturated carbocycles. The zero-order chi connectivity index (χ0) is 25.2. The SMILES string of the molecule is CC(C)c1nc2c(c(=O)n1CC(=O)Nc1ccc(C(F)(F)F)cc1)CCN(Cc1ccccc1)C2. The third kappa shape index (κ3) is 5.79. The van der Waals surface area contributed by atoms with E-state index in [0.717, 1.165) is 24.4 Å². The Hall–Kier alpha value is -3.46. The highest BCUT2D eigenvalue weighted by Crippen LogP contribution is 2.29. The monoisotopic (exact) mass is 484 g/mol. The summed E-state index contributed by atoms with van der Waals surface area (Å²) >= 11 is 0. The molecule has 1 aliphatic heterocycles. The first-order valence-corrected chi connectivity index (χ1v) is 11.5. The highest BCUT2D eigenvalue weighted by Gasteiger charge is 2.30. The summed E-state index contributed by atoms with van der Waals surface area (Å²) in [6.07, 6.45) is -3.92. The summed E-state index contributed by atoms with van der Waals surface area (Å²) in [5.74, 6) is -0.0914. The summed E-state index contributed by atoms with van der Waals surface area (Å²) in [4.78, 5) is 33.1. The molecule has 1 aliphatic rings. The van der Waals surface area contributed by atoms with Gasteiger partial charge in [-0.3, -0.25) is 19.1 Å². The van der Waals surface area contributed by atoms with Crippen molar-refractivity contribution in [2.24, 2.45) is 0 Å². The van der Waals surface area contributed by atoms with E-state index >= 15 is 0 Å². The van der Waals surface area contributed by atoms with Crippen LogP contribution in [-0.2, 0) is 37.0 Å². The molecule has 35 heavy (non-hydrogen) atoms. The Kier molecular flexibility index (Phi) is 7.07. The quantitative estimate of drug-likeness (QED) is 0.556. The van der Waals surface area contributed by atoms with Gasteiger partial charge in [0.05, 0.1) is 11.3 Å². The van der Waals surface area contributed by atoms with Crippen LogP contribution in [-0.4, -0.2) is 26.9 Å². The van der Waals surface area contributed by atoms with E-state index in [4.69, 9.17) is 4.98 Å². The zero-order valence-corrected chi connectivity index (χ0v) is 19.6. The maximum absolute atomic E-state index is 13.3. The van der Waals surface area contributed by atoms with Gasteiger partial charge < -0.3 is 5.32 Å². The molecule has 3 aromatic rings. The number of alkyl halides is 3. The van der Waals surface area contributed by atoms with E-state index in [1.165, 1.54) is 22.3 Å². The van der Waals surface area contributed by atoms with Crippen molar-refractivity contribution in [2.45, 2.75) is 52.0 Å². The van der Waals surface area contributed by atoms with E-state index in [-0.39, 0.29) is 23.7 Å². The van der Waals surface area contributed by atoms with Crippen LogP contribution < -0.4 is 10.9 Å². The molecule has 0 spiro atoms. The summed E-state index contributed by atoms with van der Waals surface area (Å²) in [5, 5.41) is 2.57. The van der Waals surface area contributed by atoms with Crippen LogP contribution in [0.5, 0.6) is 0 Å². The minimum Gasteiger partial charge on any atom is -0.325 e. The van der Waals surface area contributed by atoms with Crippen molar-refractivity contribution in [3.05, 3.63) is 93.2 Å². The molecular weight excluding hydrogens is 457 g/mol. The average molecular weight is 485 g/mol. The number of benzene rings is 2. The predicted octanol–water partition coefficient (Wildman–Crippen LogP) is 4.58. The van der Waals surface area contributed by atoms with Crippen LogP contribution in [0.4, 0.5) is 18.9 Å². The number of hydrogen-bond donors (Lipinski definition) is 1. The largest absolute Gasteiger partial charge is 0.416 e. The number of halogens is 3. The van der Waals surface area contributed by atoms with Gasteiger partial charge in [-0.25, -0.2) is 4.98 Å². The minimum absolute atomic E-state index is 0.101. The van der Waals surface area contributed by atoms with Gasteiger partial charge in [0, 0.05) is 36.8 Å². The first-order chi connectivity index (χ1) is 16.6. The zero-order valence-electron chi connectivity index (χ0n) is 19.6. The van der Waals surface area contributed by atoms with Gasteiger partial charge >= 0.3 is 6.18 Å². The number of aromatic nitrogens is 2. The second-order valence-corrected chi connectivity index (χ2v) is 9.01. The van der Waals surface area contributed by atoms with Crippen LogP contribution in [0.1, 0.15) is 48.0 Å². The van der Waals surface area contributed by atoms with Gasteiger partial charge in [-0.1, -0.05) is 44.2 Å². The molecule has 0 bridgehead atoms. The smallest absolute Gasteiger partial charge is 0.325 e. The van der Waals surface area contributed by atoms with Crippen LogP contribution in [0.3, 0.4) is 0 Å². The molecular formula is C26H27F3N4O2. The van der Waals surface area contributed by atoms with E-state index in [1.807, 2.05) is 32.0 Å². The Balaban J connectivity index is 1.52. The molecule has 0 unspecified atom stereocenters. The lowest BCUT2D eigenvalue weighted by molar-refractivity contribution is -0.137. The van der Waals surface area contributed by atoms with Crippen molar-refractivity contribution in [1.82, 2.24) is 14.5 Å². The van der Waals surface area contributed by atoms with Crippen molar-refractivity contribution in [3.63, 3.8) is 0 Å². The Morgan fingerprint density at radius 3 is 2.40 bits per heavy atom. The molecule has 4 rings (SSSR count). The third-order valence-corrected chi connectivity index (χ3v) is 5.99. The van der Waals surface area contributed by atoms with Gasteiger partial charge in [0.2, 0.25) is 5.91 Å². The average Bonchev–Trinajstić information content (AvgIpc) is 2.81. The van der Waals surface area contributed by atoms with Crippen molar-refractivity contribution < 1.29 is 18.0 Å². The fraction of sp³-hybridized carbons (Fsp3) is 0.346. The summed E-state index contributed by atoms with van der Waals surface area (Å²) in [5.41, 5.74) is 1.73. The maximum atomic E-state index is 13.3. The van der Waals surface area contributed by atoms with Gasteiger partial charge in [0.25, 0.3) is 5.56 Å². The van der Waals surface area contributed by atoms with Crippen LogP contribution in [0.2, 0.25) is 0 Å². The number of rotatable bonds is 6. The van der Waals surface area contributed by atoms with E-state index < -0.39 is 17.6 Å². The summed E-state index contributed by atoms with van der Waals surface area (Å²) in [6, 6.07) is 14.3. The number of carbonyl (C=O) groups excluding carboxylic acids is 1. The fourth-order valence-electron chi connectivity index (χ4n) is 4.26. The highest BCUT2D eigenvalue weighted by molar-refractivity contribution is 5.90. The van der Waals surface area contributed by atoms with Crippen molar-refractivity contribution in [1.29, 1.82) is 0 Å². The van der Waals surface area contributed by atoms with Gasteiger partial charge in [-0.05, 0) is 36.2 Å². The van der Waals surface area contributed by atoms with Crippen LogP contribution >= 0.6 is 0 Å². The third-order valence-electron chi connectivity index (χ3n) is 5.99. The van der Waals surface area contributed by atoms with E-state index in [2.05, 4.69) is 22.3 Å². The second kappa shape index (κ2) is 10.0. The number of fused-ring (bicyclic) bond motifs is 1. The Morgan fingerprint density at radius 1 is 1.09 bits per heavy atom. The van der Waals surface area contributed by atoms with Crippen LogP contribution in [0.25, 0.3) is 0 Å². The fourth-order valence-corrected chi connectivity index (χ4v) is 4.26. The molecule has 6 nitrogen and oxygen atoms in total. The highest BCUT2D eigenvalue weighted by atomic mass is 19.4. The predicted molar refractivity (Wildman–Crippen MR) is 127 cm³/mol. The summed E-state index contributed by atoms with van der Waals surface area (Å²) in [6.45, 7) is 5.57. The first kappa shape index (κ1) is 24.7. The van der Waals surface area contributed by atoms with Gasteiger partial charge in [0.1, 0.15) is 12.4 Å². The lowest BCUT2D eigenvalue weighted by Gasteiger charge is -2.29. The molecule has 2 heterocycles. The number of anilines is 1. The number of nitrogens with zero attached hydrogens (tertiary/aromatic N) is 3. The van der Waals surface area contributed by atoms with Crippen molar-refractivity contribution in [3.8, 4) is 0 Å². The molecule has 0 aliphatic carbocycles. The van der Waals surface area contributed by atoms with Crippen molar-refractivity contribution >= 4 is 11.6 Å². The van der Waals surface area contributed by atoms with Crippen LogP contribution in [0, 0.1) is 0 Å². The van der Waals surface area contributed by atoms with Crippen molar-refractivity contribution in [2.75, 3.05) is 11.9 Å².